The monoisotopic (exact) mass is 320 g/mol. The van der Waals surface area contributed by atoms with E-state index in [1.54, 1.807) is 6.92 Å². The Morgan fingerprint density at radius 2 is 1.77 bits per heavy atom. The number of nitrogens with zero attached hydrogens (tertiary/aromatic N) is 1. The van der Waals surface area contributed by atoms with Crippen LogP contribution in [0, 0.1) is 17.0 Å². The van der Waals surface area contributed by atoms with Gasteiger partial charge in [-0.1, -0.05) is 35.9 Å². The van der Waals surface area contributed by atoms with Gasteiger partial charge in [-0.25, -0.2) is 13.1 Å². The normalized spacial score (nSPS) is 12.8. The summed E-state index contributed by atoms with van der Waals surface area (Å²) >= 11 is 0. The summed E-state index contributed by atoms with van der Waals surface area (Å²) in [5, 5.41) is 10.7. The van der Waals surface area contributed by atoms with Crippen LogP contribution in [0.3, 0.4) is 0 Å². The maximum atomic E-state index is 12.3. The number of hydrogen-bond acceptors (Lipinski definition) is 4. The summed E-state index contributed by atoms with van der Waals surface area (Å²) in [6.45, 7) is 3.67. The minimum absolute atomic E-state index is 0.124. The standard InChI is InChI=1S/C15H16N2O4S/c1-11-6-8-13(9-7-11)12(2)16-22(20,21)15-5-3-4-14(10-15)17(18)19/h3-10,12,16H,1-2H3. The summed E-state index contributed by atoms with van der Waals surface area (Å²) < 4.78 is 27.2. The highest BCUT2D eigenvalue weighted by Gasteiger charge is 2.20. The van der Waals surface area contributed by atoms with Crippen molar-refractivity contribution in [3.05, 3.63) is 69.8 Å². The Morgan fingerprint density at radius 1 is 1.14 bits per heavy atom. The van der Waals surface area contributed by atoms with Crippen molar-refractivity contribution >= 4 is 15.7 Å². The third-order valence-electron chi connectivity index (χ3n) is 3.25. The molecule has 1 unspecified atom stereocenters. The van der Waals surface area contributed by atoms with Gasteiger partial charge < -0.3 is 0 Å². The summed E-state index contributed by atoms with van der Waals surface area (Å²) in [6.07, 6.45) is 0. The van der Waals surface area contributed by atoms with E-state index in [0.717, 1.165) is 17.2 Å². The molecule has 22 heavy (non-hydrogen) atoms. The molecule has 0 spiro atoms. The van der Waals surface area contributed by atoms with Gasteiger partial charge in [0, 0.05) is 18.2 Å². The number of sulfonamides is 1. The van der Waals surface area contributed by atoms with Gasteiger partial charge in [0.25, 0.3) is 5.69 Å². The Kier molecular flexibility index (Phi) is 4.58. The molecule has 0 saturated carbocycles. The molecule has 0 radical (unpaired) electrons. The van der Waals surface area contributed by atoms with Crippen LogP contribution in [0.25, 0.3) is 0 Å². The molecule has 0 aliphatic heterocycles. The maximum absolute atomic E-state index is 12.3. The lowest BCUT2D eigenvalue weighted by Crippen LogP contribution is -2.26. The third-order valence-corrected chi connectivity index (χ3v) is 4.79. The van der Waals surface area contributed by atoms with Crippen molar-refractivity contribution in [1.82, 2.24) is 4.72 Å². The average molecular weight is 320 g/mol. The predicted octanol–water partition coefficient (Wildman–Crippen LogP) is 2.94. The Bertz CT molecular complexity index is 785. The van der Waals surface area contributed by atoms with Gasteiger partial charge in [-0.15, -0.1) is 0 Å². The van der Waals surface area contributed by atoms with Crippen LogP contribution in [0.4, 0.5) is 5.69 Å². The summed E-state index contributed by atoms with van der Waals surface area (Å²) in [6, 6.07) is 12.0. The second-order valence-electron chi connectivity index (χ2n) is 5.01. The molecule has 0 heterocycles. The highest BCUT2D eigenvalue weighted by molar-refractivity contribution is 7.89. The topological polar surface area (TPSA) is 89.3 Å². The predicted molar refractivity (Wildman–Crippen MR) is 83.0 cm³/mol. The average Bonchev–Trinajstić information content (AvgIpc) is 2.47. The zero-order valence-corrected chi connectivity index (χ0v) is 13.0. The number of nitro benzene ring substituents is 1. The molecule has 6 nitrogen and oxygen atoms in total. The van der Waals surface area contributed by atoms with Crippen molar-refractivity contribution in [3.8, 4) is 0 Å². The van der Waals surface area contributed by atoms with E-state index in [9.17, 15) is 18.5 Å². The first-order chi connectivity index (χ1) is 10.3. The molecule has 0 aromatic heterocycles. The highest BCUT2D eigenvalue weighted by atomic mass is 32.2. The van der Waals surface area contributed by atoms with Crippen LogP contribution in [0.15, 0.2) is 53.4 Å². The highest BCUT2D eigenvalue weighted by Crippen LogP contribution is 2.20. The van der Waals surface area contributed by atoms with Crippen molar-refractivity contribution in [3.63, 3.8) is 0 Å². The first-order valence-electron chi connectivity index (χ1n) is 6.63. The van der Waals surface area contributed by atoms with Crippen molar-refractivity contribution in [2.45, 2.75) is 24.8 Å². The number of non-ortho nitro benzene ring substituents is 1. The molecule has 116 valence electrons. The van der Waals surface area contributed by atoms with E-state index < -0.39 is 21.0 Å². The Balaban J connectivity index is 2.25. The van der Waals surface area contributed by atoms with Crippen LogP contribution >= 0.6 is 0 Å². The van der Waals surface area contributed by atoms with Gasteiger partial charge in [-0.2, -0.15) is 0 Å². The molecule has 2 aromatic rings. The number of hydrogen-bond donors (Lipinski definition) is 1. The van der Waals surface area contributed by atoms with Crippen LogP contribution in [0.5, 0.6) is 0 Å². The van der Waals surface area contributed by atoms with E-state index in [-0.39, 0.29) is 10.6 Å². The number of aryl methyl sites for hydroxylation is 1. The summed E-state index contributed by atoms with van der Waals surface area (Å²) in [5.74, 6) is 0. The SMILES string of the molecule is Cc1ccc(C(C)NS(=O)(=O)c2cccc([N+](=O)[O-])c2)cc1. The fourth-order valence-corrected chi connectivity index (χ4v) is 3.26. The first-order valence-corrected chi connectivity index (χ1v) is 8.11. The van der Waals surface area contributed by atoms with E-state index in [0.29, 0.717) is 0 Å². The van der Waals surface area contributed by atoms with E-state index in [1.807, 2.05) is 31.2 Å². The molecule has 0 saturated heterocycles. The summed E-state index contributed by atoms with van der Waals surface area (Å²) in [4.78, 5) is 10.00. The minimum Gasteiger partial charge on any atom is -0.258 e. The number of nitrogens with one attached hydrogen (secondary N) is 1. The van der Waals surface area contributed by atoms with Crippen LogP contribution in [0.2, 0.25) is 0 Å². The van der Waals surface area contributed by atoms with Gasteiger partial charge in [0.2, 0.25) is 10.0 Å². The molecule has 2 rings (SSSR count). The van der Waals surface area contributed by atoms with Crippen molar-refractivity contribution < 1.29 is 13.3 Å². The van der Waals surface area contributed by atoms with Crippen LogP contribution < -0.4 is 4.72 Å². The molecule has 1 atom stereocenters. The molecule has 0 amide bonds. The molecular weight excluding hydrogens is 304 g/mol. The fourth-order valence-electron chi connectivity index (χ4n) is 1.99. The van der Waals surface area contributed by atoms with Crippen LogP contribution in [0.1, 0.15) is 24.1 Å². The Hall–Kier alpha value is -2.25. The first kappa shape index (κ1) is 16.1. The minimum atomic E-state index is -3.83. The van der Waals surface area contributed by atoms with Crippen molar-refractivity contribution in [2.75, 3.05) is 0 Å². The lowest BCUT2D eigenvalue weighted by molar-refractivity contribution is -0.385. The van der Waals surface area contributed by atoms with Crippen LogP contribution in [-0.4, -0.2) is 13.3 Å². The molecule has 2 aromatic carbocycles. The van der Waals surface area contributed by atoms with Gasteiger partial charge in [0.1, 0.15) is 0 Å². The van der Waals surface area contributed by atoms with Crippen LogP contribution in [-0.2, 0) is 10.0 Å². The van der Waals surface area contributed by atoms with E-state index in [2.05, 4.69) is 4.72 Å². The number of rotatable bonds is 5. The molecule has 7 heteroatoms. The largest absolute Gasteiger partial charge is 0.270 e. The quantitative estimate of drug-likeness (QED) is 0.677. The zero-order valence-electron chi connectivity index (χ0n) is 12.2. The summed E-state index contributed by atoms with van der Waals surface area (Å²) in [5.41, 5.74) is 1.64. The zero-order chi connectivity index (χ0) is 16.3. The molecule has 0 aliphatic rings. The van der Waals surface area contributed by atoms with Gasteiger partial charge in [0.15, 0.2) is 0 Å². The number of nitro groups is 1. The van der Waals surface area contributed by atoms with Gasteiger partial charge in [0.05, 0.1) is 9.82 Å². The van der Waals surface area contributed by atoms with E-state index >= 15 is 0 Å². The second-order valence-corrected chi connectivity index (χ2v) is 6.72. The van der Waals surface area contributed by atoms with Gasteiger partial charge in [-0.05, 0) is 25.5 Å². The lowest BCUT2D eigenvalue weighted by Gasteiger charge is -2.15. The molecule has 1 N–H and O–H groups in total. The molecular formula is C15H16N2O4S. The van der Waals surface area contributed by atoms with E-state index in [4.69, 9.17) is 0 Å². The van der Waals surface area contributed by atoms with Gasteiger partial charge in [-0.3, -0.25) is 10.1 Å². The Morgan fingerprint density at radius 3 is 2.36 bits per heavy atom. The molecule has 0 aliphatic carbocycles. The third kappa shape index (κ3) is 3.69. The maximum Gasteiger partial charge on any atom is 0.270 e. The van der Waals surface area contributed by atoms with E-state index in [1.165, 1.54) is 18.2 Å². The van der Waals surface area contributed by atoms with Crippen molar-refractivity contribution in [2.24, 2.45) is 0 Å². The fraction of sp³-hybridized carbons (Fsp3) is 0.200. The lowest BCUT2D eigenvalue weighted by atomic mass is 10.1. The Labute approximate surface area is 129 Å². The number of benzene rings is 2. The molecule has 0 bridgehead atoms. The second kappa shape index (κ2) is 6.25. The van der Waals surface area contributed by atoms with Gasteiger partial charge >= 0.3 is 0 Å². The summed E-state index contributed by atoms with van der Waals surface area (Å²) in [7, 11) is -3.83. The van der Waals surface area contributed by atoms with Crippen molar-refractivity contribution in [1.29, 1.82) is 0 Å². The molecule has 0 fully saturated rings. The smallest absolute Gasteiger partial charge is 0.258 e.